The van der Waals surface area contributed by atoms with Crippen LogP contribution in [0.3, 0.4) is 0 Å². The third-order valence-corrected chi connectivity index (χ3v) is 5.89. The van der Waals surface area contributed by atoms with Crippen LogP contribution in [0.15, 0.2) is 0 Å². The van der Waals surface area contributed by atoms with E-state index in [1.54, 1.807) is 7.05 Å². The van der Waals surface area contributed by atoms with Crippen molar-refractivity contribution in [3.8, 4) is 0 Å². The van der Waals surface area contributed by atoms with Crippen LogP contribution >= 0.6 is 0 Å². The van der Waals surface area contributed by atoms with E-state index in [1.165, 1.54) is 0 Å². The summed E-state index contributed by atoms with van der Waals surface area (Å²) < 4.78 is 0. The van der Waals surface area contributed by atoms with E-state index in [4.69, 9.17) is 7.85 Å². The fourth-order valence-electron chi connectivity index (χ4n) is 4.16. The Kier molecular flexibility index (Phi) is 6.54. The highest BCUT2D eigenvalue weighted by Gasteiger charge is 2.45. The molecule has 0 bridgehead atoms. The van der Waals surface area contributed by atoms with Crippen LogP contribution in [-0.4, -0.2) is 68.8 Å². The van der Waals surface area contributed by atoms with Gasteiger partial charge < -0.3 is 16.0 Å². The maximum atomic E-state index is 12.4. The number of nitrogens with one attached hydrogen (secondary N) is 3. The fourth-order valence-corrected chi connectivity index (χ4v) is 4.16. The van der Waals surface area contributed by atoms with E-state index in [0.717, 1.165) is 32.4 Å². The Morgan fingerprint density at radius 1 is 1.24 bits per heavy atom. The van der Waals surface area contributed by atoms with Crippen molar-refractivity contribution in [1.82, 2.24) is 20.9 Å². The maximum absolute atomic E-state index is 12.4. The molecule has 1 unspecified atom stereocenters. The minimum Gasteiger partial charge on any atom is -0.362 e. The molecule has 1 aliphatic heterocycles. The Labute approximate surface area is 153 Å². The van der Waals surface area contributed by atoms with Crippen molar-refractivity contribution in [2.45, 2.75) is 71.1 Å². The number of nitrogens with zero attached hydrogens (tertiary/aromatic N) is 1. The largest absolute Gasteiger partial charge is 0.362 e. The minimum absolute atomic E-state index is 0.0244. The number of carbonyl (C=O) groups is 2. The monoisotopic (exact) mass is 348 g/mol. The van der Waals surface area contributed by atoms with Crippen LogP contribution in [-0.2, 0) is 4.79 Å². The van der Waals surface area contributed by atoms with Crippen molar-refractivity contribution in [3.05, 3.63) is 0 Å². The van der Waals surface area contributed by atoms with Gasteiger partial charge in [-0.25, -0.2) is 0 Å². The summed E-state index contributed by atoms with van der Waals surface area (Å²) in [5, 5.41) is 9.13. The average Bonchev–Trinajstić information content (AvgIpc) is 3.08. The maximum Gasteiger partial charge on any atom is 0.237 e. The second-order valence-electron chi connectivity index (χ2n) is 8.66. The molecule has 6 nitrogen and oxygen atoms in total. The molecule has 1 heterocycles. The molecular formula is C18H33BN4O2. The molecule has 0 aromatic rings. The molecular weight excluding hydrogens is 315 g/mol. The van der Waals surface area contributed by atoms with Crippen LogP contribution in [0.4, 0.5) is 4.79 Å². The van der Waals surface area contributed by atoms with Crippen LogP contribution in [0, 0.1) is 11.3 Å². The van der Waals surface area contributed by atoms with Gasteiger partial charge in [-0.3, -0.25) is 14.5 Å². The van der Waals surface area contributed by atoms with Crippen LogP contribution in [0.1, 0.15) is 47.0 Å². The normalized spacial score (nSPS) is 29.1. The van der Waals surface area contributed by atoms with Crippen molar-refractivity contribution >= 4 is 19.6 Å². The third kappa shape index (κ3) is 4.97. The molecule has 2 amide bonds. The van der Waals surface area contributed by atoms with Crippen LogP contribution in [0.2, 0.25) is 0 Å². The number of likely N-dealkylation sites (tertiary alicyclic amines) is 1. The van der Waals surface area contributed by atoms with Gasteiger partial charge in [-0.05, 0) is 51.1 Å². The van der Waals surface area contributed by atoms with E-state index in [-0.39, 0.29) is 29.4 Å². The van der Waals surface area contributed by atoms with Crippen molar-refractivity contribution in [2.75, 3.05) is 20.1 Å². The first-order valence-electron chi connectivity index (χ1n) is 9.41. The number of fused-ring (bicyclic) bond motifs is 1. The zero-order valence-electron chi connectivity index (χ0n) is 16.3. The van der Waals surface area contributed by atoms with Crippen molar-refractivity contribution in [2.24, 2.45) is 11.3 Å². The molecule has 2 aliphatic rings. The Morgan fingerprint density at radius 2 is 1.92 bits per heavy atom. The lowest BCUT2D eigenvalue weighted by molar-refractivity contribution is -0.124. The van der Waals surface area contributed by atoms with Crippen LogP contribution in [0.25, 0.3) is 0 Å². The first-order valence-corrected chi connectivity index (χ1v) is 9.41. The van der Waals surface area contributed by atoms with Gasteiger partial charge in [-0.1, -0.05) is 20.8 Å². The summed E-state index contributed by atoms with van der Waals surface area (Å²) in [7, 11) is 7.14. The lowest BCUT2D eigenvalue weighted by Gasteiger charge is -2.38. The SMILES string of the molecule is [B]C(=O)N[C@H]1CC[C@@H]2CCN(CC(NC(=O)[C@H](C)NC)C(C)(C)C)[C@@H]21. The highest BCUT2D eigenvalue weighted by atomic mass is 16.2. The molecule has 1 saturated heterocycles. The number of likely N-dealkylation sites (N-methyl/N-ethyl adjacent to an activating group) is 1. The quantitative estimate of drug-likeness (QED) is 0.623. The van der Waals surface area contributed by atoms with Gasteiger partial charge in [0, 0.05) is 24.7 Å². The predicted octanol–water partition coefficient (Wildman–Crippen LogP) is 0.856. The van der Waals surface area contributed by atoms with E-state index >= 15 is 0 Å². The summed E-state index contributed by atoms with van der Waals surface area (Å²) in [5.41, 5.74) is -0.0492. The average molecular weight is 348 g/mol. The Balaban J connectivity index is 2.07. The van der Waals surface area contributed by atoms with Gasteiger partial charge in [-0.15, -0.1) is 0 Å². The highest BCUT2D eigenvalue weighted by Crippen LogP contribution is 2.38. The summed E-state index contributed by atoms with van der Waals surface area (Å²) in [4.78, 5) is 26.1. The van der Waals surface area contributed by atoms with Crippen LogP contribution in [0.5, 0.6) is 0 Å². The van der Waals surface area contributed by atoms with Gasteiger partial charge >= 0.3 is 0 Å². The minimum atomic E-state index is -0.444. The summed E-state index contributed by atoms with van der Waals surface area (Å²) in [6.45, 7) is 10.1. The number of carbonyl (C=O) groups excluding carboxylic acids is 2. The molecule has 0 aromatic heterocycles. The first kappa shape index (κ1) is 20.2. The molecule has 140 valence electrons. The smallest absolute Gasteiger partial charge is 0.237 e. The second kappa shape index (κ2) is 8.08. The van der Waals surface area contributed by atoms with Gasteiger partial charge in [0.1, 0.15) is 0 Å². The standard InChI is InChI=1S/C18H33BN4O2/c1-11(20-5)16(24)22-14(18(2,3)4)10-23-9-8-12-6-7-13(15(12)23)21-17(19)25/h11-15,20H,6-10H2,1-5H3,(H,21,25)(H,22,24)/t11-,12+,13-,14?,15-/m0/s1. The van der Waals surface area contributed by atoms with Crippen LogP contribution < -0.4 is 16.0 Å². The van der Waals surface area contributed by atoms with Gasteiger partial charge in [0.15, 0.2) is 5.81 Å². The lowest BCUT2D eigenvalue weighted by Crippen LogP contribution is -2.57. The Bertz CT molecular complexity index is 494. The van der Waals surface area contributed by atoms with E-state index in [2.05, 4.69) is 41.6 Å². The molecule has 1 saturated carbocycles. The molecule has 0 aromatic carbocycles. The number of hydrogen-bond donors (Lipinski definition) is 3. The zero-order chi connectivity index (χ0) is 18.8. The zero-order valence-corrected chi connectivity index (χ0v) is 16.3. The molecule has 0 spiro atoms. The van der Waals surface area contributed by atoms with Gasteiger partial charge in [0.2, 0.25) is 13.8 Å². The van der Waals surface area contributed by atoms with E-state index in [1.807, 2.05) is 6.92 Å². The first-order chi connectivity index (χ1) is 11.6. The van der Waals surface area contributed by atoms with Gasteiger partial charge in [0.05, 0.1) is 6.04 Å². The van der Waals surface area contributed by atoms with Crippen molar-refractivity contribution < 1.29 is 9.59 Å². The molecule has 1 aliphatic carbocycles. The predicted molar refractivity (Wildman–Crippen MR) is 101 cm³/mol. The second-order valence-corrected chi connectivity index (χ2v) is 8.66. The summed E-state index contributed by atoms with van der Waals surface area (Å²) in [6.07, 6.45) is 3.27. The summed E-state index contributed by atoms with van der Waals surface area (Å²) in [6, 6.07) is 0.282. The van der Waals surface area contributed by atoms with Gasteiger partial charge in [0.25, 0.3) is 0 Å². The Hall–Kier alpha value is -1.08. The summed E-state index contributed by atoms with van der Waals surface area (Å²) in [5.74, 6) is 0.196. The van der Waals surface area contributed by atoms with Crippen molar-refractivity contribution in [1.29, 1.82) is 0 Å². The molecule has 25 heavy (non-hydrogen) atoms. The molecule has 2 fully saturated rings. The number of amides is 2. The Morgan fingerprint density at radius 3 is 2.48 bits per heavy atom. The number of hydrogen-bond acceptors (Lipinski definition) is 4. The van der Waals surface area contributed by atoms with E-state index < -0.39 is 5.81 Å². The van der Waals surface area contributed by atoms with Crippen molar-refractivity contribution in [3.63, 3.8) is 0 Å². The van der Waals surface area contributed by atoms with E-state index in [9.17, 15) is 9.59 Å². The van der Waals surface area contributed by atoms with Gasteiger partial charge in [-0.2, -0.15) is 0 Å². The molecule has 5 atom stereocenters. The summed E-state index contributed by atoms with van der Waals surface area (Å²) >= 11 is 0. The fraction of sp³-hybridized carbons (Fsp3) is 0.889. The number of rotatable bonds is 6. The molecule has 7 heteroatoms. The highest BCUT2D eigenvalue weighted by molar-refractivity contribution is 6.57. The lowest BCUT2D eigenvalue weighted by atomic mass is 9.85. The molecule has 2 radical (unpaired) electrons. The molecule has 3 N–H and O–H groups in total. The molecule has 2 rings (SSSR count). The topological polar surface area (TPSA) is 73.5 Å². The van der Waals surface area contributed by atoms with E-state index in [0.29, 0.717) is 12.0 Å². The third-order valence-electron chi connectivity index (χ3n) is 5.89.